The molecule has 0 saturated carbocycles. The van der Waals surface area contributed by atoms with E-state index in [1.54, 1.807) is 11.3 Å². The fraction of sp³-hybridized carbons (Fsp3) is 0.286. The van der Waals surface area contributed by atoms with Crippen LogP contribution in [0, 0.1) is 0 Å². The minimum absolute atomic E-state index is 0.108. The highest BCUT2D eigenvalue weighted by molar-refractivity contribution is 9.10. The maximum absolute atomic E-state index is 12.4. The van der Waals surface area contributed by atoms with Gasteiger partial charge in [0.05, 0.1) is 0 Å². The smallest absolute Gasteiger partial charge is 0.253 e. The molecule has 104 valence electrons. The van der Waals surface area contributed by atoms with Crippen molar-refractivity contribution in [3.63, 3.8) is 0 Å². The van der Waals surface area contributed by atoms with Gasteiger partial charge in [0.1, 0.15) is 0 Å². The number of hydrogen-bond donors (Lipinski definition) is 0. The molecule has 4 nitrogen and oxygen atoms in total. The molecular formula is C14H14BrN3OS. The van der Waals surface area contributed by atoms with Gasteiger partial charge in [-0.25, -0.2) is 4.98 Å². The van der Waals surface area contributed by atoms with Crippen LogP contribution in [0.15, 0.2) is 40.3 Å². The van der Waals surface area contributed by atoms with E-state index in [-0.39, 0.29) is 5.91 Å². The molecule has 2 aromatic rings. The molecule has 1 aromatic heterocycles. The number of anilines is 1. The maximum atomic E-state index is 12.4. The Morgan fingerprint density at radius 2 is 1.85 bits per heavy atom. The normalized spacial score (nSPS) is 15.4. The van der Waals surface area contributed by atoms with Gasteiger partial charge in [0, 0.05) is 47.8 Å². The number of benzene rings is 1. The highest BCUT2D eigenvalue weighted by Gasteiger charge is 2.23. The largest absolute Gasteiger partial charge is 0.345 e. The van der Waals surface area contributed by atoms with E-state index in [0.717, 1.165) is 41.3 Å². The molecule has 0 spiro atoms. The SMILES string of the molecule is O=C(c1ccc(Br)cc1)N1CCN(c2nccs2)CC1. The molecule has 1 aromatic carbocycles. The fourth-order valence-corrected chi connectivity index (χ4v) is 3.21. The van der Waals surface area contributed by atoms with Gasteiger partial charge in [-0.05, 0) is 24.3 Å². The Hall–Kier alpha value is -1.40. The van der Waals surface area contributed by atoms with Crippen LogP contribution in [0.1, 0.15) is 10.4 Å². The van der Waals surface area contributed by atoms with Crippen LogP contribution in [0.4, 0.5) is 5.13 Å². The van der Waals surface area contributed by atoms with Gasteiger partial charge in [0.2, 0.25) is 0 Å². The van der Waals surface area contributed by atoms with Crippen molar-refractivity contribution >= 4 is 38.3 Å². The molecule has 0 N–H and O–H groups in total. The van der Waals surface area contributed by atoms with Crippen LogP contribution in [0.3, 0.4) is 0 Å². The second kappa shape index (κ2) is 5.93. The summed E-state index contributed by atoms with van der Waals surface area (Å²) in [4.78, 5) is 20.8. The van der Waals surface area contributed by atoms with Crippen molar-refractivity contribution in [2.45, 2.75) is 0 Å². The number of aromatic nitrogens is 1. The standard InChI is InChI=1S/C14H14BrN3OS/c15-12-3-1-11(2-4-12)13(19)17-6-8-18(9-7-17)14-16-5-10-20-14/h1-5,10H,6-9H2. The number of amides is 1. The Morgan fingerprint density at radius 1 is 1.15 bits per heavy atom. The highest BCUT2D eigenvalue weighted by Crippen LogP contribution is 2.20. The predicted octanol–water partition coefficient (Wildman–Crippen LogP) is 2.87. The lowest BCUT2D eigenvalue weighted by Gasteiger charge is -2.34. The second-order valence-electron chi connectivity index (χ2n) is 4.60. The lowest BCUT2D eigenvalue weighted by atomic mass is 10.2. The molecule has 0 aliphatic carbocycles. The van der Waals surface area contributed by atoms with Gasteiger partial charge < -0.3 is 9.80 Å². The van der Waals surface area contributed by atoms with Crippen LogP contribution in [-0.2, 0) is 0 Å². The number of piperazine rings is 1. The number of hydrogen-bond acceptors (Lipinski definition) is 4. The number of thiazole rings is 1. The first kappa shape index (κ1) is 13.6. The Morgan fingerprint density at radius 3 is 2.45 bits per heavy atom. The van der Waals surface area contributed by atoms with Crippen molar-refractivity contribution in [3.8, 4) is 0 Å². The number of nitrogens with zero attached hydrogens (tertiary/aromatic N) is 3. The van der Waals surface area contributed by atoms with E-state index in [4.69, 9.17) is 0 Å². The highest BCUT2D eigenvalue weighted by atomic mass is 79.9. The van der Waals surface area contributed by atoms with E-state index in [2.05, 4.69) is 25.8 Å². The molecule has 0 radical (unpaired) electrons. The van der Waals surface area contributed by atoms with Gasteiger partial charge in [-0.15, -0.1) is 11.3 Å². The zero-order valence-electron chi connectivity index (χ0n) is 10.8. The summed E-state index contributed by atoms with van der Waals surface area (Å²) < 4.78 is 0.989. The molecule has 3 rings (SSSR count). The van der Waals surface area contributed by atoms with Gasteiger partial charge in [0.25, 0.3) is 5.91 Å². The number of carbonyl (C=O) groups is 1. The quantitative estimate of drug-likeness (QED) is 0.834. The minimum atomic E-state index is 0.108. The van der Waals surface area contributed by atoms with Gasteiger partial charge in [-0.2, -0.15) is 0 Å². The molecule has 2 heterocycles. The third kappa shape index (κ3) is 2.86. The van der Waals surface area contributed by atoms with E-state index in [0.29, 0.717) is 0 Å². The molecule has 20 heavy (non-hydrogen) atoms. The van der Waals surface area contributed by atoms with Gasteiger partial charge in [-0.1, -0.05) is 15.9 Å². The van der Waals surface area contributed by atoms with Crippen molar-refractivity contribution in [2.24, 2.45) is 0 Å². The number of halogens is 1. The van der Waals surface area contributed by atoms with Crippen molar-refractivity contribution in [1.82, 2.24) is 9.88 Å². The van der Waals surface area contributed by atoms with Crippen molar-refractivity contribution < 1.29 is 4.79 Å². The van der Waals surface area contributed by atoms with E-state index in [1.165, 1.54) is 0 Å². The summed E-state index contributed by atoms with van der Waals surface area (Å²) in [6, 6.07) is 7.53. The zero-order chi connectivity index (χ0) is 13.9. The molecule has 1 saturated heterocycles. The summed E-state index contributed by atoms with van der Waals surface area (Å²) in [6.07, 6.45) is 1.82. The van der Waals surface area contributed by atoms with Gasteiger partial charge in [0.15, 0.2) is 5.13 Å². The molecule has 6 heteroatoms. The third-order valence-electron chi connectivity index (χ3n) is 3.35. The molecule has 1 aliphatic heterocycles. The zero-order valence-corrected chi connectivity index (χ0v) is 13.2. The van der Waals surface area contributed by atoms with Crippen LogP contribution >= 0.6 is 27.3 Å². The van der Waals surface area contributed by atoms with Crippen molar-refractivity contribution in [1.29, 1.82) is 0 Å². The Labute approximate surface area is 130 Å². The van der Waals surface area contributed by atoms with Crippen molar-refractivity contribution in [2.75, 3.05) is 31.1 Å². The van der Waals surface area contributed by atoms with Crippen LogP contribution in [0.5, 0.6) is 0 Å². The van der Waals surface area contributed by atoms with Crippen LogP contribution in [0.2, 0.25) is 0 Å². The lowest BCUT2D eigenvalue weighted by molar-refractivity contribution is 0.0747. The molecular weight excluding hydrogens is 338 g/mol. The molecule has 1 amide bonds. The first-order valence-electron chi connectivity index (χ1n) is 6.43. The van der Waals surface area contributed by atoms with E-state index < -0.39 is 0 Å². The molecule has 0 atom stereocenters. The molecule has 0 bridgehead atoms. The minimum Gasteiger partial charge on any atom is -0.345 e. The molecule has 0 unspecified atom stereocenters. The number of rotatable bonds is 2. The summed E-state index contributed by atoms with van der Waals surface area (Å²) in [7, 11) is 0. The Balaban J connectivity index is 1.63. The summed E-state index contributed by atoms with van der Waals surface area (Å²) in [5.74, 6) is 0.108. The molecule has 1 aliphatic rings. The van der Waals surface area contributed by atoms with Crippen LogP contribution < -0.4 is 4.90 Å². The summed E-state index contributed by atoms with van der Waals surface area (Å²) in [6.45, 7) is 3.18. The summed E-state index contributed by atoms with van der Waals surface area (Å²) >= 11 is 5.03. The van der Waals surface area contributed by atoms with Crippen LogP contribution in [-0.4, -0.2) is 42.0 Å². The first-order chi connectivity index (χ1) is 9.74. The Bertz CT molecular complexity index is 577. The van der Waals surface area contributed by atoms with Gasteiger partial charge in [-0.3, -0.25) is 4.79 Å². The second-order valence-corrected chi connectivity index (χ2v) is 6.39. The first-order valence-corrected chi connectivity index (χ1v) is 8.10. The summed E-state index contributed by atoms with van der Waals surface area (Å²) in [5.41, 5.74) is 0.746. The van der Waals surface area contributed by atoms with E-state index in [9.17, 15) is 4.79 Å². The Kier molecular flexibility index (Phi) is 4.03. The fourth-order valence-electron chi connectivity index (χ4n) is 2.25. The van der Waals surface area contributed by atoms with Crippen LogP contribution in [0.25, 0.3) is 0 Å². The van der Waals surface area contributed by atoms with Gasteiger partial charge >= 0.3 is 0 Å². The molecule has 1 fully saturated rings. The number of carbonyl (C=O) groups excluding carboxylic acids is 1. The van der Waals surface area contributed by atoms with E-state index in [1.807, 2.05) is 40.7 Å². The average molecular weight is 352 g/mol. The maximum Gasteiger partial charge on any atom is 0.253 e. The monoisotopic (exact) mass is 351 g/mol. The topological polar surface area (TPSA) is 36.4 Å². The predicted molar refractivity (Wildman–Crippen MR) is 84.4 cm³/mol. The summed E-state index contributed by atoms with van der Waals surface area (Å²) in [5, 5.41) is 3.02. The van der Waals surface area contributed by atoms with Crippen molar-refractivity contribution in [3.05, 3.63) is 45.9 Å². The third-order valence-corrected chi connectivity index (χ3v) is 4.71. The lowest BCUT2D eigenvalue weighted by Crippen LogP contribution is -2.48. The van der Waals surface area contributed by atoms with E-state index >= 15 is 0 Å². The average Bonchev–Trinajstić information content (AvgIpc) is 3.02.